The first-order valence-electron chi connectivity index (χ1n) is 9.68. The van der Waals surface area contributed by atoms with Gasteiger partial charge in [0.25, 0.3) is 0 Å². The normalized spacial score (nSPS) is 11.2. The lowest BCUT2D eigenvalue weighted by molar-refractivity contribution is 0.250. The zero-order valence-electron chi connectivity index (χ0n) is 18.0. The van der Waals surface area contributed by atoms with Gasteiger partial charge in [-0.05, 0) is 18.1 Å². The van der Waals surface area contributed by atoms with Crippen molar-refractivity contribution in [2.75, 3.05) is 19.1 Å². The summed E-state index contributed by atoms with van der Waals surface area (Å²) in [5, 5.41) is 0. The lowest BCUT2D eigenvalue weighted by Crippen LogP contribution is -2.48. The molecule has 0 saturated carbocycles. The maximum Gasteiger partial charge on any atom is 0.338 e. The van der Waals surface area contributed by atoms with Crippen molar-refractivity contribution >= 4 is 22.2 Å². The lowest BCUT2D eigenvalue weighted by atomic mass is 10.2. The highest BCUT2D eigenvalue weighted by atomic mass is 32.2. The number of rotatable bonds is 8. The minimum absolute atomic E-state index is 0.0183. The van der Waals surface area contributed by atoms with Gasteiger partial charge in [0.05, 0.1) is 7.11 Å². The molecule has 0 aliphatic carbocycles. The number of hydrogen-bond donors (Lipinski definition) is 1. The van der Waals surface area contributed by atoms with Crippen molar-refractivity contribution in [1.29, 1.82) is 0 Å². The van der Waals surface area contributed by atoms with Gasteiger partial charge in [-0.3, -0.25) is 4.90 Å². The summed E-state index contributed by atoms with van der Waals surface area (Å²) in [4.78, 5) is 25.8. The molecule has 0 aliphatic rings. The molecule has 0 bridgehead atoms. The van der Waals surface area contributed by atoms with Crippen molar-refractivity contribution in [2.24, 2.45) is 0 Å². The van der Waals surface area contributed by atoms with Gasteiger partial charge in [0.15, 0.2) is 0 Å². The fraction of sp³-hybridized carbons (Fsp3) is 0.238. The SMILES string of the molecule is COc1nc(C)nc(N(C)C(=O)NS(=O)(=O)N(Cc2ccccc2)Cc2ccccc2)n1. The third-order valence-electron chi connectivity index (χ3n) is 4.46. The molecule has 0 saturated heterocycles. The Morgan fingerprint density at radius 2 is 1.47 bits per heavy atom. The minimum atomic E-state index is -4.21. The highest BCUT2D eigenvalue weighted by Crippen LogP contribution is 2.15. The number of urea groups is 1. The van der Waals surface area contributed by atoms with Crippen molar-refractivity contribution in [3.8, 4) is 6.01 Å². The molecule has 3 rings (SSSR count). The van der Waals surface area contributed by atoms with E-state index in [1.54, 1.807) is 6.92 Å². The zero-order chi connectivity index (χ0) is 23.1. The van der Waals surface area contributed by atoms with Gasteiger partial charge in [-0.1, -0.05) is 60.7 Å². The smallest absolute Gasteiger partial charge is 0.338 e. The maximum atomic E-state index is 13.2. The standard InChI is InChI=1S/C21H24N6O4S/c1-16-22-19(24-20(23-16)31-3)26(2)21(28)25-32(29,30)27(14-17-10-6-4-7-11-17)15-18-12-8-5-9-13-18/h4-13H,14-15H2,1-3H3,(H,25,28). The Balaban J connectivity index is 1.83. The van der Waals surface area contributed by atoms with Crippen molar-refractivity contribution in [1.82, 2.24) is 24.0 Å². The molecule has 11 heteroatoms. The molecule has 0 radical (unpaired) electrons. The third kappa shape index (κ3) is 5.99. The Morgan fingerprint density at radius 3 is 1.97 bits per heavy atom. The second kappa shape index (κ2) is 10.2. The van der Waals surface area contributed by atoms with Gasteiger partial charge in [-0.25, -0.2) is 9.52 Å². The molecule has 0 atom stereocenters. The van der Waals surface area contributed by atoms with E-state index in [4.69, 9.17) is 4.74 Å². The van der Waals surface area contributed by atoms with E-state index in [0.717, 1.165) is 16.0 Å². The van der Waals surface area contributed by atoms with Crippen LogP contribution in [0.25, 0.3) is 0 Å². The maximum absolute atomic E-state index is 13.2. The number of amides is 2. The van der Waals surface area contributed by atoms with Crippen LogP contribution in [-0.2, 0) is 23.3 Å². The van der Waals surface area contributed by atoms with Gasteiger partial charge in [-0.2, -0.15) is 27.7 Å². The Bertz CT molecular complexity index is 1120. The number of carbonyl (C=O) groups excluding carboxylic acids is 1. The van der Waals surface area contributed by atoms with E-state index in [9.17, 15) is 13.2 Å². The Kier molecular flexibility index (Phi) is 7.33. The van der Waals surface area contributed by atoms with E-state index >= 15 is 0 Å². The van der Waals surface area contributed by atoms with E-state index in [-0.39, 0.29) is 25.0 Å². The quantitative estimate of drug-likeness (QED) is 0.552. The number of ether oxygens (including phenoxy) is 1. The van der Waals surface area contributed by atoms with Gasteiger partial charge >= 0.3 is 22.3 Å². The first kappa shape index (κ1) is 23.1. The van der Waals surface area contributed by atoms with Crippen LogP contribution in [-0.4, -0.2) is 47.9 Å². The lowest BCUT2D eigenvalue weighted by Gasteiger charge is -2.24. The monoisotopic (exact) mass is 456 g/mol. The predicted molar refractivity (Wildman–Crippen MR) is 119 cm³/mol. The van der Waals surface area contributed by atoms with Crippen LogP contribution in [0.3, 0.4) is 0 Å². The van der Waals surface area contributed by atoms with E-state index < -0.39 is 16.2 Å². The molecule has 1 N–H and O–H groups in total. The predicted octanol–water partition coefficient (Wildman–Crippen LogP) is 2.28. The van der Waals surface area contributed by atoms with Crippen molar-refractivity contribution in [3.05, 3.63) is 77.6 Å². The van der Waals surface area contributed by atoms with Gasteiger partial charge in [0, 0.05) is 20.1 Å². The van der Waals surface area contributed by atoms with Crippen LogP contribution < -0.4 is 14.4 Å². The van der Waals surface area contributed by atoms with Crippen molar-refractivity contribution in [2.45, 2.75) is 20.0 Å². The molecule has 0 fully saturated rings. The Hall–Kier alpha value is -3.57. The molecular weight excluding hydrogens is 432 g/mol. The number of aromatic nitrogens is 3. The van der Waals surface area contributed by atoms with Crippen LogP contribution in [0, 0.1) is 6.92 Å². The molecule has 0 spiro atoms. The number of benzene rings is 2. The van der Waals surface area contributed by atoms with Crippen LogP contribution in [0.2, 0.25) is 0 Å². The molecular formula is C21H24N6O4S. The van der Waals surface area contributed by atoms with Crippen LogP contribution in [0.5, 0.6) is 6.01 Å². The molecule has 0 unspecified atom stereocenters. The van der Waals surface area contributed by atoms with E-state index in [1.807, 2.05) is 60.7 Å². The topological polar surface area (TPSA) is 118 Å². The molecule has 32 heavy (non-hydrogen) atoms. The van der Waals surface area contributed by atoms with Crippen molar-refractivity contribution < 1.29 is 17.9 Å². The summed E-state index contributed by atoms with van der Waals surface area (Å²) < 4.78 is 34.6. The molecule has 3 aromatic rings. The van der Waals surface area contributed by atoms with Gasteiger partial charge in [-0.15, -0.1) is 0 Å². The zero-order valence-corrected chi connectivity index (χ0v) is 18.8. The fourth-order valence-electron chi connectivity index (χ4n) is 2.82. The van der Waals surface area contributed by atoms with Crippen LogP contribution >= 0.6 is 0 Å². The largest absolute Gasteiger partial charge is 0.467 e. The number of hydrogen-bond acceptors (Lipinski definition) is 7. The average Bonchev–Trinajstić information content (AvgIpc) is 2.78. The molecule has 1 aromatic heterocycles. The summed E-state index contributed by atoms with van der Waals surface area (Å²) in [5.74, 6) is 0.281. The fourth-order valence-corrected chi connectivity index (χ4v) is 3.94. The Labute approximate surface area is 187 Å². The summed E-state index contributed by atoms with van der Waals surface area (Å²) >= 11 is 0. The number of nitrogens with zero attached hydrogens (tertiary/aromatic N) is 5. The summed E-state index contributed by atoms with van der Waals surface area (Å²) in [5.41, 5.74) is 1.57. The molecule has 1 heterocycles. The molecule has 0 aliphatic heterocycles. The van der Waals surface area contributed by atoms with E-state index in [0.29, 0.717) is 5.82 Å². The summed E-state index contributed by atoms with van der Waals surface area (Å²) in [7, 11) is -1.47. The first-order chi connectivity index (χ1) is 15.3. The third-order valence-corrected chi connectivity index (χ3v) is 5.83. The van der Waals surface area contributed by atoms with Gasteiger partial charge in [0.1, 0.15) is 5.82 Å². The van der Waals surface area contributed by atoms with Crippen LogP contribution in [0.1, 0.15) is 17.0 Å². The first-order valence-corrected chi connectivity index (χ1v) is 11.1. The number of carbonyl (C=O) groups is 1. The molecule has 2 aromatic carbocycles. The number of methoxy groups -OCH3 is 1. The Morgan fingerprint density at radius 1 is 0.938 bits per heavy atom. The minimum Gasteiger partial charge on any atom is -0.467 e. The summed E-state index contributed by atoms with van der Waals surface area (Å²) in [6.45, 7) is 1.78. The second-order valence-electron chi connectivity index (χ2n) is 6.88. The number of nitrogens with one attached hydrogen (secondary N) is 1. The number of anilines is 1. The molecule has 2 amide bonds. The second-order valence-corrected chi connectivity index (χ2v) is 8.55. The molecule has 10 nitrogen and oxygen atoms in total. The average molecular weight is 457 g/mol. The molecule has 168 valence electrons. The van der Waals surface area contributed by atoms with E-state index in [2.05, 4.69) is 19.7 Å². The van der Waals surface area contributed by atoms with Crippen molar-refractivity contribution in [3.63, 3.8) is 0 Å². The van der Waals surface area contributed by atoms with Crippen LogP contribution in [0.15, 0.2) is 60.7 Å². The van der Waals surface area contributed by atoms with Gasteiger partial charge < -0.3 is 4.74 Å². The number of aryl methyl sites for hydroxylation is 1. The highest BCUT2D eigenvalue weighted by Gasteiger charge is 2.27. The van der Waals surface area contributed by atoms with E-state index in [1.165, 1.54) is 18.5 Å². The summed E-state index contributed by atoms with van der Waals surface area (Å²) in [6.07, 6.45) is 0. The van der Waals surface area contributed by atoms with Crippen LogP contribution in [0.4, 0.5) is 10.7 Å². The van der Waals surface area contributed by atoms with Gasteiger partial charge in [0.2, 0.25) is 5.95 Å². The summed E-state index contributed by atoms with van der Waals surface area (Å²) in [6, 6.07) is 17.4. The highest BCUT2D eigenvalue weighted by molar-refractivity contribution is 7.87.